The number of ether oxygens (including phenoxy) is 2. The lowest BCUT2D eigenvalue weighted by Gasteiger charge is -2.33. The Morgan fingerprint density at radius 3 is 1.41 bits per heavy atom. The van der Waals surface area contributed by atoms with Gasteiger partial charge in [0.05, 0.1) is 0 Å². The van der Waals surface area contributed by atoms with Crippen LogP contribution in [0.2, 0.25) is 0 Å². The van der Waals surface area contributed by atoms with Gasteiger partial charge in [0.15, 0.2) is 0 Å². The summed E-state index contributed by atoms with van der Waals surface area (Å²) < 4.78 is 13.4. The normalized spacial score (nSPS) is 12.9. The molecule has 2 nitrogen and oxygen atoms in total. The molecule has 0 bridgehead atoms. The van der Waals surface area contributed by atoms with Crippen molar-refractivity contribution in [2.75, 3.05) is 0 Å². The molecule has 0 amide bonds. The highest BCUT2D eigenvalue weighted by Gasteiger charge is 2.40. The lowest BCUT2D eigenvalue weighted by atomic mass is 9.35. The van der Waals surface area contributed by atoms with Crippen LogP contribution in [0.4, 0.5) is 0 Å². The van der Waals surface area contributed by atoms with E-state index in [2.05, 4.69) is 172 Å². The van der Waals surface area contributed by atoms with Gasteiger partial charge in [0.2, 0.25) is 0 Å². The lowest BCUT2D eigenvalue weighted by molar-refractivity contribution is 0.465. The molecule has 0 saturated heterocycles. The molecule has 0 atom stereocenters. The molecule has 0 spiro atoms. The van der Waals surface area contributed by atoms with Crippen molar-refractivity contribution < 1.29 is 9.47 Å². The third-order valence-corrected chi connectivity index (χ3v) is 10.8. The van der Waals surface area contributed by atoms with E-state index in [1.807, 2.05) is 6.07 Å². The van der Waals surface area contributed by atoms with Crippen LogP contribution in [-0.4, -0.2) is 6.71 Å². The van der Waals surface area contributed by atoms with Gasteiger partial charge in [-0.25, -0.2) is 0 Å². The van der Waals surface area contributed by atoms with Gasteiger partial charge in [-0.1, -0.05) is 154 Å². The Bertz CT molecular complexity index is 2610. The summed E-state index contributed by atoms with van der Waals surface area (Å²) in [5, 5.41) is 4.95. The smallest absolute Gasteiger partial charge is 0.260 e. The van der Waals surface area contributed by atoms with Crippen LogP contribution in [0.5, 0.6) is 23.0 Å². The Morgan fingerprint density at radius 1 is 0.392 bits per heavy atom. The largest absolute Gasteiger partial charge is 0.458 e. The molecule has 3 heteroatoms. The first kappa shape index (κ1) is 29.8. The van der Waals surface area contributed by atoms with Crippen LogP contribution in [0.25, 0.3) is 54.9 Å². The first-order valence-corrected chi connectivity index (χ1v) is 17.8. The summed E-state index contributed by atoms with van der Waals surface area (Å²) in [7, 11) is 0. The van der Waals surface area contributed by atoms with E-state index in [9.17, 15) is 0 Å². The third-order valence-electron chi connectivity index (χ3n) is 10.8. The Labute approximate surface area is 299 Å². The fourth-order valence-electron chi connectivity index (χ4n) is 8.28. The summed E-state index contributed by atoms with van der Waals surface area (Å²) in [6, 6.07) is 57.0. The molecular weight excluding hydrogens is 619 g/mol. The van der Waals surface area contributed by atoms with Crippen molar-refractivity contribution in [3.8, 4) is 56.4 Å². The maximum atomic E-state index is 6.77. The predicted octanol–water partition coefficient (Wildman–Crippen LogP) is 11.0. The second-order valence-electron chi connectivity index (χ2n) is 14.8. The maximum Gasteiger partial charge on any atom is 0.260 e. The maximum absolute atomic E-state index is 6.77. The number of hydrogen-bond acceptors (Lipinski definition) is 2. The third kappa shape index (κ3) is 4.72. The quantitative estimate of drug-likeness (QED) is 0.139. The van der Waals surface area contributed by atoms with Gasteiger partial charge in [-0.2, -0.15) is 0 Å². The summed E-state index contributed by atoms with van der Waals surface area (Å²) in [5.74, 6) is 3.49. The molecule has 8 aromatic carbocycles. The van der Waals surface area contributed by atoms with Crippen LogP contribution in [0.3, 0.4) is 0 Å². The van der Waals surface area contributed by atoms with Crippen molar-refractivity contribution in [2.24, 2.45) is 0 Å². The monoisotopic (exact) mass is 654 g/mol. The number of fused-ring (bicyclic) bond motifs is 6. The molecule has 0 aliphatic carbocycles. The van der Waals surface area contributed by atoms with Crippen molar-refractivity contribution in [1.82, 2.24) is 0 Å². The minimum atomic E-state index is 0.00371. The lowest BCUT2D eigenvalue weighted by Crippen LogP contribution is -2.57. The van der Waals surface area contributed by atoms with E-state index in [4.69, 9.17) is 9.47 Å². The van der Waals surface area contributed by atoms with Gasteiger partial charge >= 0.3 is 0 Å². The molecule has 0 aromatic heterocycles. The zero-order chi connectivity index (χ0) is 34.3. The summed E-state index contributed by atoms with van der Waals surface area (Å²) in [6.45, 7) is 6.76. The van der Waals surface area contributed by atoms with Gasteiger partial charge in [-0.3, -0.25) is 0 Å². The van der Waals surface area contributed by atoms with E-state index in [1.165, 1.54) is 49.4 Å². The molecule has 10 rings (SSSR count). The molecule has 2 aliphatic rings. The average Bonchev–Trinajstić information content (AvgIpc) is 3.16. The number of rotatable bonds is 3. The topological polar surface area (TPSA) is 18.5 Å². The zero-order valence-corrected chi connectivity index (χ0v) is 28.9. The Morgan fingerprint density at radius 2 is 0.863 bits per heavy atom. The molecule has 0 N–H and O–H groups in total. The predicted molar refractivity (Wildman–Crippen MR) is 214 cm³/mol. The highest BCUT2D eigenvalue weighted by molar-refractivity contribution is 6.98. The molecule has 8 aromatic rings. The van der Waals surface area contributed by atoms with Crippen molar-refractivity contribution >= 4 is 44.6 Å². The summed E-state index contributed by atoms with van der Waals surface area (Å²) in [6.07, 6.45) is 0. The van der Waals surface area contributed by atoms with Crippen molar-refractivity contribution in [3.63, 3.8) is 0 Å². The highest BCUT2D eigenvalue weighted by atomic mass is 16.5. The molecule has 2 aliphatic heterocycles. The standard InChI is InChI=1S/C48H35BO2/c1-48(2,3)34-24-20-30(21-25-34)32-22-26-39-43(28-32)50-41-18-11-19-42-47(41)49(39)40-27-23-33(29-44(40)51-42)46-37-16-9-7-14-35(37)45(31-12-5-4-6-13-31)36-15-8-10-17-38(36)46/h4-29H,1-3H3. The van der Waals surface area contributed by atoms with Gasteiger partial charge in [-0.05, 0) is 101 Å². The number of benzene rings is 8. The summed E-state index contributed by atoms with van der Waals surface area (Å²) >= 11 is 0. The van der Waals surface area contributed by atoms with Crippen LogP contribution >= 0.6 is 0 Å². The Balaban J connectivity index is 1.13. The van der Waals surface area contributed by atoms with Gasteiger partial charge < -0.3 is 9.47 Å². The van der Waals surface area contributed by atoms with Gasteiger partial charge in [0.25, 0.3) is 6.71 Å². The molecular formula is C48H35BO2. The van der Waals surface area contributed by atoms with Crippen molar-refractivity contribution in [3.05, 3.63) is 163 Å². The van der Waals surface area contributed by atoms with E-state index in [0.29, 0.717) is 0 Å². The molecule has 242 valence electrons. The van der Waals surface area contributed by atoms with E-state index in [1.54, 1.807) is 0 Å². The van der Waals surface area contributed by atoms with Crippen LogP contribution < -0.4 is 25.9 Å². The van der Waals surface area contributed by atoms with E-state index in [0.717, 1.165) is 50.5 Å². The number of hydrogen-bond donors (Lipinski definition) is 0. The molecule has 0 saturated carbocycles. The van der Waals surface area contributed by atoms with Gasteiger partial charge in [0, 0.05) is 5.46 Å². The van der Waals surface area contributed by atoms with E-state index >= 15 is 0 Å². The SMILES string of the molecule is CC(C)(C)c1ccc(-c2ccc3c(c2)Oc2cccc4c2B3c2ccc(-c3c5ccccc5c(-c5ccccc5)c5ccccc35)cc2O4)cc1. The molecule has 2 heterocycles. The fraction of sp³-hybridized carbons (Fsp3) is 0.0833. The molecule has 0 fully saturated rings. The van der Waals surface area contributed by atoms with E-state index in [-0.39, 0.29) is 12.1 Å². The first-order valence-electron chi connectivity index (χ1n) is 17.8. The molecule has 0 unspecified atom stereocenters. The molecule has 0 radical (unpaired) electrons. The fourth-order valence-corrected chi connectivity index (χ4v) is 8.28. The van der Waals surface area contributed by atoms with Crippen LogP contribution in [0, 0.1) is 0 Å². The van der Waals surface area contributed by atoms with Crippen LogP contribution in [0.1, 0.15) is 26.3 Å². The van der Waals surface area contributed by atoms with Crippen LogP contribution in [0.15, 0.2) is 158 Å². The highest BCUT2D eigenvalue weighted by Crippen LogP contribution is 2.45. The Hall–Kier alpha value is -6.06. The first-order chi connectivity index (χ1) is 24.9. The Kier molecular flexibility index (Phi) is 6.57. The summed E-state index contributed by atoms with van der Waals surface area (Å²) in [4.78, 5) is 0. The van der Waals surface area contributed by atoms with Gasteiger partial charge in [-0.15, -0.1) is 0 Å². The van der Waals surface area contributed by atoms with Crippen LogP contribution in [-0.2, 0) is 5.41 Å². The van der Waals surface area contributed by atoms with Crippen molar-refractivity contribution in [1.29, 1.82) is 0 Å². The van der Waals surface area contributed by atoms with Crippen molar-refractivity contribution in [2.45, 2.75) is 26.2 Å². The second kappa shape index (κ2) is 11.2. The average molecular weight is 655 g/mol. The van der Waals surface area contributed by atoms with E-state index < -0.39 is 0 Å². The zero-order valence-electron chi connectivity index (χ0n) is 28.9. The summed E-state index contributed by atoms with van der Waals surface area (Å²) in [5.41, 5.74) is 12.0. The second-order valence-corrected chi connectivity index (χ2v) is 14.8. The minimum absolute atomic E-state index is 0.00371. The molecule has 51 heavy (non-hydrogen) atoms. The van der Waals surface area contributed by atoms with Gasteiger partial charge in [0.1, 0.15) is 23.0 Å². The minimum Gasteiger partial charge on any atom is -0.458 e.